The van der Waals surface area contributed by atoms with Gasteiger partial charge in [0.15, 0.2) is 0 Å². The molecule has 0 radical (unpaired) electrons. The summed E-state index contributed by atoms with van der Waals surface area (Å²) < 4.78 is 0. The molecule has 2 N–H and O–H groups in total. The molecule has 202 valence electrons. The van der Waals surface area contributed by atoms with E-state index in [2.05, 4.69) is 36.4 Å². The molecular formula is C34H32N2O2S2. The fourth-order valence-corrected chi connectivity index (χ4v) is 7.69. The van der Waals surface area contributed by atoms with Gasteiger partial charge < -0.3 is 10.2 Å². The van der Waals surface area contributed by atoms with Gasteiger partial charge >= 0.3 is 0 Å². The molecule has 0 unspecified atom stereocenters. The Morgan fingerprint density at radius 1 is 0.450 bits per heavy atom. The lowest BCUT2D eigenvalue weighted by Crippen LogP contribution is -1.90. The second kappa shape index (κ2) is 12.4. The van der Waals surface area contributed by atoms with Gasteiger partial charge in [-0.25, -0.2) is 9.97 Å². The summed E-state index contributed by atoms with van der Waals surface area (Å²) in [7, 11) is 0. The molecule has 40 heavy (non-hydrogen) atoms. The molecule has 6 rings (SSSR count). The van der Waals surface area contributed by atoms with E-state index in [4.69, 9.17) is 9.97 Å². The van der Waals surface area contributed by atoms with Crippen molar-refractivity contribution in [3.8, 4) is 11.5 Å². The van der Waals surface area contributed by atoms with Gasteiger partial charge in [-0.05, 0) is 48.6 Å². The van der Waals surface area contributed by atoms with Crippen molar-refractivity contribution in [1.82, 2.24) is 9.97 Å². The maximum atomic E-state index is 10.4. The largest absolute Gasteiger partial charge is 0.506 e. The molecule has 0 atom stereocenters. The Balaban J connectivity index is 0.984. The minimum absolute atomic E-state index is 0.242. The van der Waals surface area contributed by atoms with Crippen LogP contribution in [0, 0.1) is 0 Å². The summed E-state index contributed by atoms with van der Waals surface area (Å²) in [6, 6.07) is 27.8. The number of phenols is 2. The van der Waals surface area contributed by atoms with E-state index in [0.717, 1.165) is 44.1 Å². The van der Waals surface area contributed by atoms with E-state index in [0.29, 0.717) is 11.0 Å². The van der Waals surface area contributed by atoms with Crippen LogP contribution in [0.1, 0.15) is 38.5 Å². The van der Waals surface area contributed by atoms with Gasteiger partial charge in [-0.1, -0.05) is 86.3 Å². The van der Waals surface area contributed by atoms with Crippen LogP contribution in [0.4, 0.5) is 0 Å². The number of phenolic OH excluding ortho intramolecular Hbond substituents is 2. The molecule has 2 aromatic heterocycles. The summed E-state index contributed by atoms with van der Waals surface area (Å²) in [5, 5.41) is 25.1. The van der Waals surface area contributed by atoms with Crippen molar-refractivity contribution < 1.29 is 10.2 Å². The van der Waals surface area contributed by atoms with E-state index in [-0.39, 0.29) is 11.5 Å². The second-order valence-electron chi connectivity index (χ2n) is 10.1. The third-order valence-corrected chi connectivity index (χ3v) is 9.75. The predicted molar refractivity (Wildman–Crippen MR) is 171 cm³/mol. The monoisotopic (exact) mass is 564 g/mol. The van der Waals surface area contributed by atoms with Crippen LogP contribution in [0.2, 0.25) is 0 Å². The number of para-hydroxylation sites is 4. The van der Waals surface area contributed by atoms with Crippen LogP contribution >= 0.6 is 23.5 Å². The highest BCUT2D eigenvalue weighted by molar-refractivity contribution is 8.00. The number of thioether (sulfide) groups is 2. The summed E-state index contributed by atoms with van der Waals surface area (Å²) in [6.45, 7) is 0. The van der Waals surface area contributed by atoms with Crippen molar-refractivity contribution in [2.45, 2.75) is 48.3 Å². The second-order valence-corrected chi connectivity index (χ2v) is 12.3. The Kier molecular flexibility index (Phi) is 8.26. The highest BCUT2D eigenvalue weighted by Gasteiger charge is 2.13. The fraction of sp³-hybridized carbons (Fsp3) is 0.235. The summed E-state index contributed by atoms with van der Waals surface area (Å²) >= 11 is 3.77. The van der Waals surface area contributed by atoms with Gasteiger partial charge in [-0.2, -0.15) is 0 Å². The SMILES string of the molecule is Oc1cccc2c(SCCCCCCCCSc3c4ccccc4nc4c(O)cccc34)c3ccccc3nc12. The molecule has 6 aromatic rings. The molecular weight excluding hydrogens is 533 g/mol. The van der Waals surface area contributed by atoms with Gasteiger partial charge in [0.25, 0.3) is 0 Å². The molecule has 0 saturated carbocycles. The minimum atomic E-state index is 0.242. The van der Waals surface area contributed by atoms with Gasteiger partial charge in [0.05, 0.1) is 11.0 Å². The van der Waals surface area contributed by atoms with Crippen molar-refractivity contribution in [2.24, 2.45) is 0 Å². The topological polar surface area (TPSA) is 66.2 Å². The Hall–Kier alpha value is -3.48. The normalized spacial score (nSPS) is 11.7. The van der Waals surface area contributed by atoms with Crippen molar-refractivity contribution in [3.63, 3.8) is 0 Å². The molecule has 6 heteroatoms. The average Bonchev–Trinajstić information content (AvgIpc) is 2.98. The Bertz CT molecular complexity index is 1670. The first-order valence-electron chi connectivity index (χ1n) is 14.0. The highest BCUT2D eigenvalue weighted by Crippen LogP contribution is 2.38. The number of nitrogens with zero attached hydrogens (tertiary/aromatic N) is 2. The lowest BCUT2D eigenvalue weighted by atomic mass is 10.1. The fourth-order valence-electron chi connectivity index (χ4n) is 5.29. The minimum Gasteiger partial charge on any atom is -0.506 e. The van der Waals surface area contributed by atoms with E-state index in [1.165, 1.54) is 48.3 Å². The van der Waals surface area contributed by atoms with E-state index in [1.807, 2.05) is 59.9 Å². The van der Waals surface area contributed by atoms with Gasteiger partial charge in [0.2, 0.25) is 0 Å². The maximum Gasteiger partial charge on any atom is 0.141 e. The maximum absolute atomic E-state index is 10.4. The molecule has 0 aliphatic heterocycles. The number of fused-ring (bicyclic) bond motifs is 4. The van der Waals surface area contributed by atoms with Crippen LogP contribution in [0.5, 0.6) is 11.5 Å². The van der Waals surface area contributed by atoms with Crippen LogP contribution in [-0.2, 0) is 0 Å². The zero-order valence-corrected chi connectivity index (χ0v) is 24.0. The smallest absolute Gasteiger partial charge is 0.141 e. The van der Waals surface area contributed by atoms with Crippen molar-refractivity contribution in [3.05, 3.63) is 84.9 Å². The summed E-state index contributed by atoms with van der Waals surface area (Å²) in [5.74, 6) is 2.60. The van der Waals surface area contributed by atoms with Gasteiger partial charge in [-0.3, -0.25) is 0 Å². The highest BCUT2D eigenvalue weighted by atomic mass is 32.2. The molecule has 0 saturated heterocycles. The Labute approximate surface area is 242 Å². The number of rotatable bonds is 11. The first-order chi connectivity index (χ1) is 19.7. The lowest BCUT2D eigenvalue weighted by Gasteiger charge is -2.11. The van der Waals surface area contributed by atoms with Crippen LogP contribution in [0.3, 0.4) is 0 Å². The lowest BCUT2D eigenvalue weighted by molar-refractivity contribution is 0.480. The molecule has 0 spiro atoms. The van der Waals surface area contributed by atoms with Crippen LogP contribution in [-0.4, -0.2) is 31.7 Å². The van der Waals surface area contributed by atoms with Crippen molar-refractivity contribution >= 4 is 67.1 Å². The third-order valence-electron chi connectivity index (χ3n) is 7.31. The number of hydrogen-bond donors (Lipinski definition) is 2. The molecule has 2 heterocycles. The number of hydrogen-bond acceptors (Lipinski definition) is 6. The summed E-state index contributed by atoms with van der Waals surface area (Å²) in [4.78, 5) is 11.9. The van der Waals surface area contributed by atoms with Crippen LogP contribution < -0.4 is 0 Å². The van der Waals surface area contributed by atoms with Gasteiger partial charge in [0.1, 0.15) is 22.5 Å². The van der Waals surface area contributed by atoms with Crippen LogP contribution in [0.25, 0.3) is 43.6 Å². The standard InChI is InChI=1S/C34H32N2O2S2/c37-29-19-11-15-25-31(29)35-27-17-7-5-13-23(27)33(25)39-21-9-3-1-2-4-10-22-40-34-24-14-6-8-18-28(24)36-32-26(34)16-12-20-30(32)38/h5-8,11-20,37-38H,1-4,9-10,21-22H2. The number of aromatic hydroxyl groups is 2. The van der Waals surface area contributed by atoms with Crippen LogP contribution in [0.15, 0.2) is 94.7 Å². The number of pyridine rings is 2. The number of aromatic nitrogens is 2. The van der Waals surface area contributed by atoms with E-state index in [1.54, 1.807) is 12.1 Å². The van der Waals surface area contributed by atoms with Gasteiger partial charge in [0, 0.05) is 31.3 Å². The zero-order chi connectivity index (χ0) is 27.3. The quantitative estimate of drug-likeness (QED) is 0.0927. The molecule has 0 aliphatic rings. The number of unbranched alkanes of at least 4 members (excludes halogenated alkanes) is 5. The number of benzene rings is 4. The van der Waals surface area contributed by atoms with Gasteiger partial charge in [-0.15, -0.1) is 23.5 Å². The Morgan fingerprint density at radius 3 is 1.32 bits per heavy atom. The third kappa shape index (κ3) is 5.56. The van der Waals surface area contributed by atoms with Crippen molar-refractivity contribution in [2.75, 3.05) is 11.5 Å². The predicted octanol–water partition coefficient (Wildman–Crippen LogP) is 9.73. The first-order valence-corrected chi connectivity index (χ1v) is 15.9. The van der Waals surface area contributed by atoms with E-state index in [9.17, 15) is 10.2 Å². The Morgan fingerprint density at radius 2 is 0.850 bits per heavy atom. The zero-order valence-electron chi connectivity index (χ0n) is 22.3. The average molecular weight is 565 g/mol. The summed E-state index contributed by atoms with van der Waals surface area (Å²) in [5.41, 5.74) is 3.24. The molecule has 4 nitrogen and oxygen atoms in total. The summed E-state index contributed by atoms with van der Waals surface area (Å²) in [6.07, 6.45) is 7.30. The molecule has 0 fully saturated rings. The molecule has 0 bridgehead atoms. The molecule has 0 aliphatic carbocycles. The first kappa shape index (κ1) is 26.7. The molecule has 0 amide bonds. The molecule has 4 aromatic carbocycles. The van der Waals surface area contributed by atoms with E-state index < -0.39 is 0 Å². The van der Waals surface area contributed by atoms with E-state index >= 15 is 0 Å². The van der Waals surface area contributed by atoms with Crippen molar-refractivity contribution in [1.29, 1.82) is 0 Å².